The molecular weight excluding hydrogens is 322 g/mol. The molecule has 1 aromatic heterocycles. The van der Waals surface area contributed by atoms with E-state index in [1.807, 2.05) is 38.1 Å². The molecule has 0 saturated heterocycles. The second-order valence-corrected chi connectivity index (χ2v) is 6.97. The zero-order valence-electron chi connectivity index (χ0n) is 13.5. The number of aromatic hydroxyl groups is 1. The summed E-state index contributed by atoms with van der Waals surface area (Å²) in [5, 5.41) is 12.6. The van der Waals surface area contributed by atoms with E-state index >= 15 is 0 Å². The Balaban J connectivity index is 1.58. The molecule has 3 N–H and O–H groups in total. The fraction of sp³-hybridized carbons (Fsp3) is 0.222. The molecule has 0 aliphatic carbocycles. The van der Waals surface area contributed by atoms with Crippen molar-refractivity contribution in [3.63, 3.8) is 0 Å². The summed E-state index contributed by atoms with van der Waals surface area (Å²) in [4.78, 5) is 19.9. The lowest BCUT2D eigenvalue weighted by Gasteiger charge is -2.09. The number of phenolic OH excluding ortho intramolecular Hbond substituents is 1. The van der Waals surface area contributed by atoms with E-state index < -0.39 is 0 Å². The number of hydrogen-bond donors (Lipinski definition) is 3. The number of fused-ring (bicyclic) bond motifs is 1. The highest BCUT2D eigenvalue weighted by atomic mass is 32.2. The molecule has 24 heavy (non-hydrogen) atoms. The molecule has 0 aliphatic heterocycles. The number of rotatable bonds is 5. The van der Waals surface area contributed by atoms with E-state index in [1.165, 1.54) is 11.8 Å². The fourth-order valence-corrected chi connectivity index (χ4v) is 3.07. The molecule has 5 nitrogen and oxygen atoms in total. The van der Waals surface area contributed by atoms with Crippen molar-refractivity contribution in [2.75, 3.05) is 11.1 Å². The normalized spacial score (nSPS) is 12.2. The lowest BCUT2D eigenvalue weighted by Crippen LogP contribution is -2.14. The number of phenols is 1. The number of aromatic amines is 1. The van der Waals surface area contributed by atoms with Crippen molar-refractivity contribution in [3.05, 3.63) is 53.9 Å². The summed E-state index contributed by atoms with van der Waals surface area (Å²) in [6, 6.07) is 13.0. The van der Waals surface area contributed by atoms with Crippen molar-refractivity contribution in [2.24, 2.45) is 0 Å². The van der Waals surface area contributed by atoms with Crippen LogP contribution in [0.15, 0.2) is 42.5 Å². The number of nitrogens with one attached hydrogen (secondary N) is 2. The molecule has 0 saturated carbocycles. The summed E-state index contributed by atoms with van der Waals surface area (Å²) in [5.41, 5.74) is 3.31. The second kappa shape index (κ2) is 6.97. The highest BCUT2D eigenvalue weighted by Crippen LogP contribution is 2.28. The molecule has 0 fully saturated rings. The van der Waals surface area contributed by atoms with Crippen molar-refractivity contribution in [3.8, 4) is 5.75 Å². The largest absolute Gasteiger partial charge is 0.508 e. The molecule has 2 aromatic carbocycles. The van der Waals surface area contributed by atoms with Crippen molar-refractivity contribution in [1.82, 2.24) is 9.97 Å². The number of benzene rings is 2. The third kappa shape index (κ3) is 3.71. The Morgan fingerprint density at radius 1 is 1.33 bits per heavy atom. The van der Waals surface area contributed by atoms with Crippen LogP contribution in [0.4, 0.5) is 5.69 Å². The Bertz CT molecular complexity index is 843. The molecule has 124 valence electrons. The van der Waals surface area contributed by atoms with Gasteiger partial charge in [0.05, 0.1) is 22.0 Å². The number of carbonyl (C=O) groups is 1. The minimum atomic E-state index is -0.105. The average Bonchev–Trinajstić information content (AvgIpc) is 3.00. The molecule has 1 atom stereocenters. The van der Waals surface area contributed by atoms with Gasteiger partial charge in [-0.15, -0.1) is 11.8 Å². The van der Waals surface area contributed by atoms with Gasteiger partial charge in [-0.3, -0.25) is 4.79 Å². The number of imidazole rings is 1. The first kappa shape index (κ1) is 16.4. The third-order valence-electron chi connectivity index (χ3n) is 3.75. The van der Waals surface area contributed by atoms with Gasteiger partial charge in [0.25, 0.3) is 0 Å². The van der Waals surface area contributed by atoms with Gasteiger partial charge >= 0.3 is 0 Å². The zero-order chi connectivity index (χ0) is 17.1. The van der Waals surface area contributed by atoms with Crippen LogP contribution < -0.4 is 5.32 Å². The number of aromatic nitrogens is 2. The SMILES string of the molecule is Cc1ccc(NC(=O)CSC(C)c2nc3ccccc3[nH]2)cc1O. The Labute approximate surface area is 144 Å². The maximum Gasteiger partial charge on any atom is 0.234 e. The number of carbonyl (C=O) groups excluding carboxylic acids is 1. The number of anilines is 1. The van der Waals surface area contributed by atoms with E-state index in [4.69, 9.17) is 0 Å². The van der Waals surface area contributed by atoms with E-state index in [-0.39, 0.29) is 16.9 Å². The summed E-state index contributed by atoms with van der Waals surface area (Å²) in [6.45, 7) is 3.83. The number of amides is 1. The Kier molecular flexibility index (Phi) is 4.76. The van der Waals surface area contributed by atoms with E-state index in [0.29, 0.717) is 11.4 Å². The Morgan fingerprint density at radius 2 is 2.12 bits per heavy atom. The summed E-state index contributed by atoms with van der Waals surface area (Å²) < 4.78 is 0. The van der Waals surface area contributed by atoms with Gasteiger partial charge < -0.3 is 15.4 Å². The number of hydrogen-bond acceptors (Lipinski definition) is 4. The first-order valence-corrected chi connectivity index (χ1v) is 8.73. The van der Waals surface area contributed by atoms with Crippen LogP contribution in [0.3, 0.4) is 0 Å². The Morgan fingerprint density at radius 3 is 2.88 bits per heavy atom. The van der Waals surface area contributed by atoms with Gasteiger partial charge in [0.1, 0.15) is 11.6 Å². The number of aryl methyl sites for hydroxylation is 1. The summed E-state index contributed by atoms with van der Waals surface area (Å²) in [7, 11) is 0. The first-order valence-electron chi connectivity index (χ1n) is 7.68. The summed E-state index contributed by atoms with van der Waals surface area (Å²) in [6.07, 6.45) is 0. The number of thioether (sulfide) groups is 1. The molecule has 1 unspecified atom stereocenters. The zero-order valence-corrected chi connectivity index (χ0v) is 14.4. The quantitative estimate of drug-likeness (QED) is 0.655. The van der Waals surface area contributed by atoms with Gasteiger partial charge in [-0.25, -0.2) is 4.98 Å². The smallest absolute Gasteiger partial charge is 0.234 e. The third-order valence-corrected chi connectivity index (χ3v) is 4.90. The fourth-order valence-electron chi connectivity index (χ4n) is 2.33. The molecule has 1 heterocycles. The standard InChI is InChI=1S/C18H19N3O2S/c1-11-7-8-13(9-16(11)22)19-17(23)10-24-12(2)18-20-14-5-3-4-6-15(14)21-18/h3-9,12,22H,10H2,1-2H3,(H,19,23)(H,20,21). The topological polar surface area (TPSA) is 78.0 Å². The lowest BCUT2D eigenvalue weighted by atomic mass is 10.2. The van der Waals surface area contributed by atoms with Gasteiger partial charge in [0, 0.05) is 11.8 Å². The van der Waals surface area contributed by atoms with Crippen molar-refractivity contribution >= 4 is 34.4 Å². The predicted molar refractivity (Wildman–Crippen MR) is 98.4 cm³/mol. The monoisotopic (exact) mass is 341 g/mol. The summed E-state index contributed by atoms with van der Waals surface area (Å²) in [5.74, 6) is 1.25. The van der Waals surface area contributed by atoms with Crippen LogP contribution >= 0.6 is 11.8 Å². The number of nitrogens with zero attached hydrogens (tertiary/aromatic N) is 1. The predicted octanol–water partition coefficient (Wildman–Crippen LogP) is 4.01. The highest BCUT2D eigenvalue weighted by Gasteiger charge is 2.13. The van der Waals surface area contributed by atoms with Crippen molar-refractivity contribution in [2.45, 2.75) is 19.1 Å². The molecule has 1 amide bonds. The van der Waals surface area contributed by atoms with Crippen LogP contribution in [0.2, 0.25) is 0 Å². The summed E-state index contributed by atoms with van der Waals surface area (Å²) >= 11 is 1.51. The lowest BCUT2D eigenvalue weighted by molar-refractivity contribution is -0.113. The van der Waals surface area contributed by atoms with Crippen molar-refractivity contribution in [1.29, 1.82) is 0 Å². The Hall–Kier alpha value is -2.47. The molecule has 3 rings (SSSR count). The minimum absolute atomic E-state index is 0.0783. The number of H-pyrrole nitrogens is 1. The molecule has 0 radical (unpaired) electrons. The van der Waals surface area contributed by atoms with E-state index in [1.54, 1.807) is 18.2 Å². The van der Waals surface area contributed by atoms with Crippen molar-refractivity contribution < 1.29 is 9.90 Å². The maximum absolute atomic E-state index is 12.1. The van der Waals surface area contributed by atoms with E-state index in [9.17, 15) is 9.90 Å². The highest BCUT2D eigenvalue weighted by molar-refractivity contribution is 8.00. The van der Waals surface area contributed by atoms with Gasteiger partial charge in [-0.05, 0) is 37.6 Å². The van der Waals surface area contributed by atoms with Gasteiger partial charge in [-0.2, -0.15) is 0 Å². The van der Waals surface area contributed by atoms with Crippen LogP contribution in [0.25, 0.3) is 11.0 Å². The second-order valence-electron chi connectivity index (χ2n) is 5.64. The van der Waals surface area contributed by atoms with Crippen LogP contribution in [0, 0.1) is 6.92 Å². The van der Waals surface area contributed by atoms with Crippen LogP contribution in [0.1, 0.15) is 23.6 Å². The molecular formula is C18H19N3O2S. The average molecular weight is 341 g/mol. The van der Waals surface area contributed by atoms with E-state index in [0.717, 1.165) is 22.4 Å². The molecule has 6 heteroatoms. The number of para-hydroxylation sites is 2. The van der Waals surface area contributed by atoms with Crippen LogP contribution in [-0.2, 0) is 4.79 Å². The molecule has 0 aliphatic rings. The van der Waals surface area contributed by atoms with Gasteiger partial charge in [0.2, 0.25) is 5.91 Å². The first-order chi connectivity index (χ1) is 11.5. The van der Waals surface area contributed by atoms with E-state index in [2.05, 4.69) is 15.3 Å². The molecule has 0 spiro atoms. The van der Waals surface area contributed by atoms with Gasteiger partial charge in [-0.1, -0.05) is 18.2 Å². The minimum Gasteiger partial charge on any atom is -0.508 e. The maximum atomic E-state index is 12.1. The van der Waals surface area contributed by atoms with Crippen LogP contribution in [0.5, 0.6) is 5.75 Å². The molecule has 3 aromatic rings. The van der Waals surface area contributed by atoms with Gasteiger partial charge in [0.15, 0.2) is 0 Å². The molecule has 0 bridgehead atoms. The van der Waals surface area contributed by atoms with Crippen LogP contribution in [-0.4, -0.2) is 26.7 Å².